The molecule has 7 nitrogen and oxygen atoms in total. The molecule has 0 aromatic carbocycles. The van der Waals surface area contributed by atoms with E-state index in [2.05, 4.69) is 5.32 Å². The summed E-state index contributed by atoms with van der Waals surface area (Å²) in [5, 5.41) is 12.9. The molecule has 0 radical (unpaired) electrons. The van der Waals surface area contributed by atoms with Crippen LogP contribution >= 0.6 is 0 Å². The fraction of sp³-hybridized carbons (Fsp3) is 0.923. The zero-order valence-electron chi connectivity index (χ0n) is 13.6. The molecule has 1 heterocycles. The monoisotopic (exact) mass is 321 g/mol. The van der Waals surface area contributed by atoms with Crippen LogP contribution in [-0.4, -0.2) is 70.8 Å². The molecular formula is C13H27NO6Si. The minimum atomic E-state index is -1.92. The van der Waals surface area contributed by atoms with Gasteiger partial charge in [0.1, 0.15) is 18.2 Å². The number of carbonyl (C=O) groups excluding carboxylic acids is 1. The maximum absolute atomic E-state index is 11.4. The first kappa shape index (κ1) is 18.5. The highest BCUT2D eigenvalue weighted by atomic mass is 28.4. The van der Waals surface area contributed by atoms with Crippen molar-refractivity contribution in [2.24, 2.45) is 0 Å². The fourth-order valence-corrected chi connectivity index (χ4v) is 3.54. The van der Waals surface area contributed by atoms with Crippen LogP contribution in [-0.2, 0) is 23.4 Å². The lowest BCUT2D eigenvalue weighted by Crippen LogP contribution is -2.66. The van der Waals surface area contributed by atoms with Gasteiger partial charge >= 0.3 is 0 Å². The van der Waals surface area contributed by atoms with Gasteiger partial charge < -0.3 is 29.1 Å². The van der Waals surface area contributed by atoms with Gasteiger partial charge in [-0.25, -0.2) is 0 Å². The van der Waals surface area contributed by atoms with Crippen LogP contribution in [0.5, 0.6) is 0 Å². The number of rotatable bonds is 6. The zero-order valence-corrected chi connectivity index (χ0v) is 14.6. The molecule has 1 amide bonds. The number of aliphatic hydroxyl groups excluding tert-OH is 1. The molecule has 1 aliphatic heterocycles. The summed E-state index contributed by atoms with van der Waals surface area (Å²) in [7, 11) is 1.19. The minimum Gasteiger partial charge on any atom is -0.410 e. The van der Waals surface area contributed by atoms with Crippen molar-refractivity contribution in [1.82, 2.24) is 5.32 Å². The molecule has 2 N–H and O–H groups in total. The Kier molecular flexibility index (Phi) is 6.76. The van der Waals surface area contributed by atoms with E-state index in [1.807, 2.05) is 19.6 Å². The minimum absolute atomic E-state index is 0.258. The Morgan fingerprint density at radius 1 is 1.29 bits per heavy atom. The van der Waals surface area contributed by atoms with Crippen molar-refractivity contribution in [2.45, 2.75) is 57.2 Å². The molecule has 0 saturated carbocycles. The highest BCUT2D eigenvalue weighted by Crippen LogP contribution is 2.27. The van der Waals surface area contributed by atoms with Gasteiger partial charge in [0.25, 0.3) is 0 Å². The Bertz CT molecular complexity index is 348. The average molecular weight is 321 g/mol. The second kappa shape index (κ2) is 7.66. The van der Waals surface area contributed by atoms with E-state index < -0.39 is 39.0 Å². The number of nitrogens with one attached hydrogen (secondary N) is 1. The highest BCUT2D eigenvalue weighted by molar-refractivity contribution is 6.69. The summed E-state index contributed by atoms with van der Waals surface area (Å²) < 4.78 is 22.3. The van der Waals surface area contributed by atoms with Gasteiger partial charge in [-0.05, 0) is 19.6 Å². The van der Waals surface area contributed by atoms with Crippen LogP contribution in [0.3, 0.4) is 0 Å². The normalized spacial score (nSPS) is 33.8. The van der Waals surface area contributed by atoms with Crippen LogP contribution in [0.25, 0.3) is 0 Å². The average Bonchev–Trinajstić information content (AvgIpc) is 2.32. The molecule has 0 aliphatic carbocycles. The summed E-state index contributed by atoms with van der Waals surface area (Å²) >= 11 is 0. The van der Waals surface area contributed by atoms with Crippen LogP contribution in [0.4, 0.5) is 0 Å². The first-order chi connectivity index (χ1) is 9.69. The van der Waals surface area contributed by atoms with Crippen molar-refractivity contribution in [3.8, 4) is 0 Å². The summed E-state index contributed by atoms with van der Waals surface area (Å²) in [5.74, 6) is -0.258. The van der Waals surface area contributed by atoms with Crippen molar-refractivity contribution < 1.29 is 28.5 Å². The first-order valence-electron chi connectivity index (χ1n) is 6.99. The van der Waals surface area contributed by atoms with Crippen molar-refractivity contribution in [2.75, 3.05) is 20.8 Å². The molecule has 1 rings (SSSR count). The Labute approximate surface area is 127 Å². The summed E-state index contributed by atoms with van der Waals surface area (Å²) in [6, 6.07) is -0.674. The molecule has 0 aromatic rings. The van der Waals surface area contributed by atoms with Crippen molar-refractivity contribution in [3.05, 3.63) is 0 Å². The van der Waals surface area contributed by atoms with E-state index in [0.29, 0.717) is 0 Å². The number of carbonyl (C=O) groups is 1. The molecule has 8 heteroatoms. The van der Waals surface area contributed by atoms with Crippen molar-refractivity contribution in [1.29, 1.82) is 0 Å². The lowest BCUT2D eigenvalue weighted by atomic mass is 9.97. The SMILES string of the molecule is COC[C@H]1O[C@H](O)[C@H](NC(C)=O)[C@@H](O[Si](C)(C)C)[C@@H]1OC. The van der Waals surface area contributed by atoms with Crippen LogP contribution in [0.2, 0.25) is 19.6 Å². The van der Waals surface area contributed by atoms with E-state index in [4.69, 9.17) is 18.6 Å². The van der Waals surface area contributed by atoms with Crippen molar-refractivity contribution in [3.63, 3.8) is 0 Å². The molecule has 124 valence electrons. The van der Waals surface area contributed by atoms with Gasteiger partial charge in [-0.1, -0.05) is 0 Å². The zero-order chi connectivity index (χ0) is 16.2. The van der Waals surface area contributed by atoms with E-state index in [9.17, 15) is 9.90 Å². The predicted molar refractivity (Wildman–Crippen MR) is 79.4 cm³/mol. The molecule has 0 unspecified atom stereocenters. The maximum atomic E-state index is 11.4. The third-order valence-corrected chi connectivity index (χ3v) is 4.11. The molecular weight excluding hydrogens is 294 g/mol. The topological polar surface area (TPSA) is 86.2 Å². The third kappa shape index (κ3) is 5.31. The Morgan fingerprint density at radius 3 is 2.33 bits per heavy atom. The van der Waals surface area contributed by atoms with Crippen LogP contribution in [0.1, 0.15) is 6.92 Å². The second-order valence-electron chi connectivity index (χ2n) is 6.14. The van der Waals surface area contributed by atoms with Crippen LogP contribution in [0.15, 0.2) is 0 Å². The Morgan fingerprint density at radius 2 is 1.90 bits per heavy atom. The van der Waals surface area contributed by atoms with Gasteiger partial charge in [-0.15, -0.1) is 0 Å². The van der Waals surface area contributed by atoms with E-state index in [0.717, 1.165) is 0 Å². The lowest BCUT2D eigenvalue weighted by molar-refractivity contribution is -0.257. The van der Waals surface area contributed by atoms with Gasteiger partial charge in [0.15, 0.2) is 14.6 Å². The lowest BCUT2D eigenvalue weighted by Gasteiger charge is -2.46. The molecule has 21 heavy (non-hydrogen) atoms. The number of aliphatic hydroxyl groups is 1. The largest absolute Gasteiger partial charge is 0.410 e. The molecule has 0 aromatic heterocycles. The standard InChI is InChI=1S/C13H27NO6Si/c1-8(15)14-10-12(20-21(4,5)6)11(18-3)9(7-17-2)19-13(10)16/h9-13,16H,7H2,1-6H3,(H,14,15)/t9-,10-,11-,12-,13+/m1/s1. The highest BCUT2D eigenvalue weighted by Gasteiger charge is 2.48. The van der Waals surface area contributed by atoms with Gasteiger partial charge in [0.05, 0.1) is 12.7 Å². The molecule has 5 atom stereocenters. The van der Waals surface area contributed by atoms with Crippen molar-refractivity contribution >= 4 is 14.2 Å². The Hall–Kier alpha value is -0.513. The Balaban J connectivity index is 3.02. The van der Waals surface area contributed by atoms with Gasteiger partial charge in [0, 0.05) is 21.1 Å². The van der Waals surface area contributed by atoms with E-state index in [1.165, 1.54) is 6.92 Å². The number of methoxy groups -OCH3 is 2. The molecule has 0 bridgehead atoms. The van der Waals surface area contributed by atoms with E-state index in [-0.39, 0.29) is 12.5 Å². The molecule has 1 aliphatic rings. The fourth-order valence-electron chi connectivity index (χ4n) is 2.44. The third-order valence-electron chi connectivity index (χ3n) is 3.13. The molecule has 0 spiro atoms. The maximum Gasteiger partial charge on any atom is 0.217 e. The first-order valence-corrected chi connectivity index (χ1v) is 10.4. The summed E-state index contributed by atoms with van der Waals surface area (Å²) in [4.78, 5) is 11.4. The molecule has 1 fully saturated rings. The number of ether oxygens (including phenoxy) is 3. The summed E-state index contributed by atoms with van der Waals surface area (Å²) in [6.07, 6.45) is -2.55. The van der Waals surface area contributed by atoms with Crippen LogP contribution in [0, 0.1) is 0 Å². The van der Waals surface area contributed by atoms with Crippen LogP contribution < -0.4 is 5.32 Å². The number of amides is 1. The smallest absolute Gasteiger partial charge is 0.217 e. The molecule has 1 saturated heterocycles. The number of hydrogen-bond donors (Lipinski definition) is 2. The van der Waals surface area contributed by atoms with Gasteiger partial charge in [0.2, 0.25) is 5.91 Å². The quantitative estimate of drug-likeness (QED) is 0.674. The summed E-state index contributed by atoms with van der Waals surface area (Å²) in [5.41, 5.74) is 0. The van der Waals surface area contributed by atoms with Gasteiger partial charge in [-0.2, -0.15) is 0 Å². The second-order valence-corrected chi connectivity index (χ2v) is 10.6. The summed E-state index contributed by atoms with van der Waals surface area (Å²) in [6.45, 7) is 7.78. The predicted octanol–water partition coefficient (Wildman–Crippen LogP) is 0.0898. The van der Waals surface area contributed by atoms with E-state index >= 15 is 0 Å². The number of hydrogen-bond acceptors (Lipinski definition) is 6. The van der Waals surface area contributed by atoms with E-state index in [1.54, 1.807) is 14.2 Å². The van der Waals surface area contributed by atoms with Gasteiger partial charge in [-0.3, -0.25) is 4.79 Å².